The molecular formula is C7H16O3P+. The van der Waals surface area contributed by atoms with Crippen molar-refractivity contribution in [3.8, 4) is 0 Å². The Balaban J connectivity index is 0. The molecule has 0 heterocycles. The number of esters is 1. The van der Waals surface area contributed by atoms with E-state index in [9.17, 15) is 4.79 Å². The molecule has 1 unspecified atom stereocenters. The van der Waals surface area contributed by atoms with Gasteiger partial charge in [0.25, 0.3) is 0 Å². The lowest BCUT2D eigenvalue weighted by atomic mass is 10.1. The summed E-state index contributed by atoms with van der Waals surface area (Å²) in [5.74, 6) is 0.431. The SMILES string of the molecule is CC(=O)OCCC(C)C.O=[PH2+]. The summed E-state index contributed by atoms with van der Waals surface area (Å²) in [6.07, 6.45) is 0.958. The van der Waals surface area contributed by atoms with Gasteiger partial charge in [-0.3, -0.25) is 4.79 Å². The summed E-state index contributed by atoms with van der Waals surface area (Å²) in [5, 5.41) is 0. The van der Waals surface area contributed by atoms with Crippen LogP contribution in [-0.4, -0.2) is 12.6 Å². The van der Waals surface area contributed by atoms with E-state index in [1.165, 1.54) is 16.0 Å². The quantitative estimate of drug-likeness (QED) is 0.490. The van der Waals surface area contributed by atoms with Crippen LogP contribution in [-0.2, 0) is 14.1 Å². The lowest BCUT2D eigenvalue weighted by Crippen LogP contribution is -2.02. The second-order valence-electron chi connectivity index (χ2n) is 2.52. The fraction of sp³-hybridized carbons (Fsp3) is 0.857. The van der Waals surface area contributed by atoms with Crippen molar-refractivity contribution in [3.05, 3.63) is 0 Å². The van der Waals surface area contributed by atoms with E-state index in [0.717, 1.165) is 6.42 Å². The predicted octanol–water partition coefficient (Wildman–Crippen LogP) is 1.80. The first-order chi connectivity index (χ1) is 5.13. The van der Waals surface area contributed by atoms with Crippen molar-refractivity contribution in [2.24, 2.45) is 5.92 Å². The van der Waals surface area contributed by atoms with E-state index in [4.69, 9.17) is 9.30 Å². The Morgan fingerprint density at radius 1 is 1.45 bits per heavy atom. The molecule has 0 aliphatic rings. The number of hydrogen-bond acceptors (Lipinski definition) is 3. The largest absolute Gasteiger partial charge is 0.466 e. The number of carbonyl (C=O) groups is 1. The van der Waals surface area contributed by atoms with E-state index in [2.05, 4.69) is 13.8 Å². The van der Waals surface area contributed by atoms with E-state index in [1.54, 1.807) is 0 Å². The van der Waals surface area contributed by atoms with Crippen LogP contribution in [0.3, 0.4) is 0 Å². The highest BCUT2D eigenvalue weighted by atomic mass is 31.0. The van der Waals surface area contributed by atoms with Crippen LogP contribution in [0.15, 0.2) is 0 Å². The molecule has 0 aromatic carbocycles. The fourth-order valence-electron chi connectivity index (χ4n) is 0.438. The number of hydrogen-bond donors (Lipinski definition) is 0. The second-order valence-corrected chi connectivity index (χ2v) is 2.52. The van der Waals surface area contributed by atoms with Gasteiger partial charge in [-0.2, -0.15) is 0 Å². The van der Waals surface area contributed by atoms with Crippen LogP contribution in [0.2, 0.25) is 0 Å². The Kier molecular flexibility index (Phi) is 11.5. The summed E-state index contributed by atoms with van der Waals surface area (Å²) in [6, 6.07) is 0. The number of carbonyl (C=O) groups excluding carboxylic acids is 1. The highest BCUT2D eigenvalue weighted by Crippen LogP contribution is 1.98. The van der Waals surface area contributed by atoms with E-state index in [-0.39, 0.29) is 5.97 Å². The molecule has 1 atom stereocenters. The van der Waals surface area contributed by atoms with E-state index < -0.39 is 0 Å². The molecule has 0 amide bonds. The van der Waals surface area contributed by atoms with Gasteiger partial charge in [0.15, 0.2) is 0 Å². The monoisotopic (exact) mass is 179 g/mol. The summed E-state index contributed by atoms with van der Waals surface area (Å²) < 4.78 is 12.9. The Morgan fingerprint density at radius 2 is 1.91 bits per heavy atom. The van der Waals surface area contributed by atoms with Crippen LogP contribution in [0.1, 0.15) is 27.2 Å². The maximum atomic E-state index is 10.2. The van der Waals surface area contributed by atoms with Crippen molar-refractivity contribution < 1.29 is 14.1 Å². The summed E-state index contributed by atoms with van der Waals surface area (Å²) in [5.41, 5.74) is 0. The highest BCUT2D eigenvalue weighted by Gasteiger charge is 1.94. The molecule has 0 saturated heterocycles. The number of ether oxygens (including phenoxy) is 1. The van der Waals surface area contributed by atoms with Gasteiger partial charge < -0.3 is 4.74 Å². The van der Waals surface area contributed by atoms with Crippen LogP contribution in [0.4, 0.5) is 0 Å². The van der Waals surface area contributed by atoms with Crippen molar-refractivity contribution in [1.82, 2.24) is 0 Å². The maximum absolute atomic E-state index is 10.2. The van der Waals surface area contributed by atoms with Crippen molar-refractivity contribution in [2.45, 2.75) is 27.2 Å². The Morgan fingerprint density at radius 3 is 2.18 bits per heavy atom. The predicted molar refractivity (Wildman–Crippen MR) is 46.5 cm³/mol. The molecule has 66 valence electrons. The Labute approximate surface area is 69.7 Å². The summed E-state index contributed by atoms with van der Waals surface area (Å²) in [4.78, 5) is 10.2. The van der Waals surface area contributed by atoms with Gasteiger partial charge in [0.05, 0.1) is 6.61 Å². The lowest BCUT2D eigenvalue weighted by Gasteiger charge is -2.02. The van der Waals surface area contributed by atoms with Crippen molar-refractivity contribution in [3.63, 3.8) is 0 Å². The summed E-state index contributed by atoms with van der Waals surface area (Å²) in [6.45, 7) is 6.19. The average Bonchev–Trinajstić information content (AvgIpc) is 1.90. The van der Waals surface area contributed by atoms with Crippen LogP contribution in [0, 0.1) is 5.92 Å². The van der Waals surface area contributed by atoms with Gasteiger partial charge in [0.2, 0.25) is 0 Å². The normalized spacial score (nSPS) is 8.36. The molecule has 0 aliphatic heterocycles. The smallest absolute Gasteiger partial charge is 0.310 e. The molecule has 0 aromatic rings. The fourth-order valence-corrected chi connectivity index (χ4v) is 0.438. The van der Waals surface area contributed by atoms with Gasteiger partial charge in [-0.25, -0.2) is 0 Å². The molecule has 4 heteroatoms. The van der Waals surface area contributed by atoms with Crippen LogP contribution < -0.4 is 0 Å². The van der Waals surface area contributed by atoms with Gasteiger partial charge in [0.1, 0.15) is 0 Å². The topological polar surface area (TPSA) is 43.4 Å². The minimum absolute atomic E-state index is 0.185. The molecule has 0 aliphatic carbocycles. The first-order valence-corrected chi connectivity index (χ1v) is 3.97. The third-order valence-electron chi connectivity index (χ3n) is 1.00. The molecule has 0 N–H and O–H groups in total. The van der Waals surface area contributed by atoms with E-state index in [0.29, 0.717) is 12.5 Å². The van der Waals surface area contributed by atoms with Gasteiger partial charge in [0, 0.05) is 6.92 Å². The maximum Gasteiger partial charge on any atom is 0.310 e. The van der Waals surface area contributed by atoms with Gasteiger partial charge >= 0.3 is 15.1 Å². The second kappa shape index (κ2) is 9.57. The van der Waals surface area contributed by atoms with Gasteiger partial charge in [-0.05, 0) is 12.3 Å². The zero-order chi connectivity index (χ0) is 9.28. The minimum atomic E-state index is -0.185. The number of rotatable bonds is 3. The molecule has 0 rings (SSSR count). The molecule has 11 heavy (non-hydrogen) atoms. The van der Waals surface area contributed by atoms with Crippen molar-refractivity contribution >= 4 is 15.1 Å². The summed E-state index contributed by atoms with van der Waals surface area (Å²) >= 11 is 0. The summed E-state index contributed by atoms with van der Waals surface area (Å²) in [7, 11) is 1.17. The highest BCUT2D eigenvalue weighted by molar-refractivity contribution is 7.00. The zero-order valence-corrected chi connectivity index (χ0v) is 8.45. The zero-order valence-electron chi connectivity index (χ0n) is 7.29. The standard InChI is InChI=1S/C7H14O2.H2OP/c1-6(2)4-5-9-7(3)8;1-2/h6H,4-5H2,1-3H3;2H2/q;+1. The van der Waals surface area contributed by atoms with E-state index >= 15 is 0 Å². The van der Waals surface area contributed by atoms with Crippen LogP contribution >= 0.6 is 9.12 Å². The van der Waals surface area contributed by atoms with Crippen LogP contribution in [0.5, 0.6) is 0 Å². The third-order valence-corrected chi connectivity index (χ3v) is 1.00. The molecule has 0 radical (unpaired) electrons. The average molecular weight is 179 g/mol. The first-order valence-electron chi connectivity index (χ1n) is 3.50. The molecule has 0 fully saturated rings. The molecule has 0 saturated carbocycles. The van der Waals surface area contributed by atoms with Crippen molar-refractivity contribution in [1.29, 1.82) is 0 Å². The molecule has 0 spiro atoms. The van der Waals surface area contributed by atoms with Gasteiger partial charge in [-0.15, -0.1) is 0 Å². The Bertz CT molecular complexity index is 104. The molecule has 0 bridgehead atoms. The lowest BCUT2D eigenvalue weighted by molar-refractivity contribution is -0.141. The van der Waals surface area contributed by atoms with Gasteiger partial charge in [-0.1, -0.05) is 18.4 Å². The van der Waals surface area contributed by atoms with Crippen LogP contribution in [0.25, 0.3) is 0 Å². The minimum Gasteiger partial charge on any atom is -0.466 e. The molecule has 3 nitrogen and oxygen atoms in total. The first kappa shape index (κ1) is 13.2. The Hall–Kier alpha value is -0.430. The third kappa shape index (κ3) is 17.7. The molecular weight excluding hydrogens is 163 g/mol. The van der Waals surface area contributed by atoms with Crippen molar-refractivity contribution in [2.75, 3.05) is 6.61 Å². The molecule has 0 aromatic heterocycles. The van der Waals surface area contributed by atoms with E-state index in [1.807, 2.05) is 0 Å².